The summed E-state index contributed by atoms with van der Waals surface area (Å²) in [5.41, 5.74) is 2.02. The van der Waals surface area contributed by atoms with E-state index in [1.807, 2.05) is 54.6 Å². The second kappa shape index (κ2) is 6.33. The summed E-state index contributed by atoms with van der Waals surface area (Å²) in [6, 6.07) is 17.7. The maximum atomic E-state index is 10.8. The zero-order valence-corrected chi connectivity index (χ0v) is 12.0. The van der Waals surface area contributed by atoms with E-state index in [0.29, 0.717) is 11.5 Å². The summed E-state index contributed by atoms with van der Waals surface area (Å²) in [4.78, 5) is 15.7. The summed E-state index contributed by atoms with van der Waals surface area (Å²) in [5, 5.41) is 0.792. The first-order valence-electron chi connectivity index (χ1n) is 6.54. The first-order valence-corrected chi connectivity index (χ1v) is 7.35. The van der Waals surface area contributed by atoms with Gasteiger partial charge in [0.15, 0.2) is 6.29 Å². The fraction of sp³-hybridized carbons (Fsp3) is 0.0588. The van der Waals surface area contributed by atoms with E-state index in [9.17, 15) is 4.79 Å². The minimum absolute atomic E-state index is 0.504. The normalized spacial score (nSPS) is 10.3. The van der Waals surface area contributed by atoms with Crippen LogP contribution in [0, 0.1) is 0 Å². The number of nitrogens with zero attached hydrogens (tertiary/aromatic N) is 1. The molecule has 0 spiro atoms. The third-order valence-corrected chi connectivity index (χ3v) is 3.95. The van der Waals surface area contributed by atoms with Crippen molar-refractivity contribution in [2.75, 3.05) is 0 Å². The number of thiazole rings is 1. The van der Waals surface area contributed by atoms with E-state index in [1.165, 1.54) is 11.3 Å². The lowest BCUT2D eigenvalue weighted by Gasteiger charge is -2.09. The monoisotopic (exact) mass is 295 g/mol. The van der Waals surface area contributed by atoms with E-state index >= 15 is 0 Å². The Morgan fingerprint density at radius 1 is 1.05 bits per heavy atom. The molecule has 0 aliphatic rings. The van der Waals surface area contributed by atoms with E-state index in [1.54, 1.807) is 6.20 Å². The Balaban J connectivity index is 1.84. The Hall–Kier alpha value is -2.46. The number of aromatic nitrogens is 1. The van der Waals surface area contributed by atoms with Crippen LogP contribution >= 0.6 is 11.3 Å². The molecule has 21 heavy (non-hydrogen) atoms. The van der Waals surface area contributed by atoms with E-state index in [2.05, 4.69) is 4.98 Å². The van der Waals surface area contributed by atoms with Crippen LogP contribution in [0.15, 0.2) is 60.8 Å². The summed E-state index contributed by atoms with van der Waals surface area (Å²) in [7, 11) is 0. The van der Waals surface area contributed by atoms with Crippen molar-refractivity contribution in [2.24, 2.45) is 0 Å². The molecule has 1 heterocycles. The molecule has 2 aromatic carbocycles. The minimum atomic E-state index is 0.504. The predicted octanol–water partition coefficient (Wildman–Crippen LogP) is 4.20. The Morgan fingerprint density at radius 3 is 2.57 bits per heavy atom. The number of benzene rings is 2. The number of aldehydes is 1. The first-order chi connectivity index (χ1) is 10.4. The van der Waals surface area contributed by atoms with Crippen molar-refractivity contribution in [3.8, 4) is 16.3 Å². The zero-order chi connectivity index (χ0) is 14.5. The number of carbonyl (C=O) groups is 1. The van der Waals surface area contributed by atoms with Gasteiger partial charge in [0.05, 0.1) is 10.4 Å². The van der Waals surface area contributed by atoms with Crippen molar-refractivity contribution in [2.45, 2.75) is 6.61 Å². The van der Waals surface area contributed by atoms with E-state index in [0.717, 1.165) is 28.2 Å². The van der Waals surface area contributed by atoms with Crippen molar-refractivity contribution in [1.29, 1.82) is 0 Å². The molecule has 0 saturated heterocycles. The topological polar surface area (TPSA) is 39.2 Å². The SMILES string of the molecule is O=Cc1cnc(-c2ccccc2OCc2ccccc2)s1. The molecule has 0 fully saturated rings. The van der Waals surface area contributed by atoms with Gasteiger partial charge in [-0.25, -0.2) is 4.98 Å². The number of rotatable bonds is 5. The Labute approximate surface area is 126 Å². The van der Waals surface area contributed by atoms with Gasteiger partial charge in [0.2, 0.25) is 0 Å². The number of hydrogen-bond donors (Lipinski definition) is 0. The number of ether oxygens (including phenoxy) is 1. The molecule has 104 valence electrons. The summed E-state index contributed by atoms with van der Waals surface area (Å²) in [6.07, 6.45) is 2.40. The highest BCUT2D eigenvalue weighted by Crippen LogP contribution is 2.32. The molecule has 4 heteroatoms. The molecular formula is C17H13NO2S. The van der Waals surface area contributed by atoms with Crippen molar-refractivity contribution in [3.63, 3.8) is 0 Å². The van der Waals surface area contributed by atoms with E-state index < -0.39 is 0 Å². The number of para-hydroxylation sites is 1. The summed E-state index contributed by atoms with van der Waals surface area (Å²) in [6.45, 7) is 0.504. The lowest BCUT2D eigenvalue weighted by molar-refractivity contribution is 0.112. The van der Waals surface area contributed by atoms with Crippen LogP contribution in [0.4, 0.5) is 0 Å². The average molecular weight is 295 g/mol. The fourth-order valence-corrected chi connectivity index (χ4v) is 2.73. The number of carbonyl (C=O) groups excluding carboxylic acids is 1. The second-order valence-electron chi connectivity index (χ2n) is 4.46. The molecule has 0 aliphatic carbocycles. The molecule has 0 aliphatic heterocycles. The van der Waals surface area contributed by atoms with E-state index in [4.69, 9.17) is 4.74 Å². The molecule has 0 saturated carbocycles. The zero-order valence-electron chi connectivity index (χ0n) is 11.2. The molecule has 0 atom stereocenters. The fourth-order valence-electron chi connectivity index (χ4n) is 1.97. The van der Waals surface area contributed by atoms with E-state index in [-0.39, 0.29) is 0 Å². The lowest BCUT2D eigenvalue weighted by Crippen LogP contribution is -1.96. The van der Waals surface area contributed by atoms with Gasteiger partial charge in [-0.15, -0.1) is 11.3 Å². The standard InChI is InChI=1S/C17H13NO2S/c19-11-14-10-18-17(21-14)15-8-4-5-9-16(15)20-12-13-6-2-1-3-7-13/h1-11H,12H2. The molecule has 0 radical (unpaired) electrons. The largest absolute Gasteiger partial charge is 0.488 e. The Morgan fingerprint density at radius 2 is 1.81 bits per heavy atom. The van der Waals surface area contributed by atoms with Gasteiger partial charge in [0, 0.05) is 6.20 Å². The maximum absolute atomic E-state index is 10.8. The van der Waals surface area contributed by atoms with Gasteiger partial charge in [-0.05, 0) is 17.7 Å². The molecule has 0 unspecified atom stereocenters. The summed E-state index contributed by atoms with van der Waals surface area (Å²) >= 11 is 1.36. The quantitative estimate of drug-likeness (QED) is 0.662. The summed E-state index contributed by atoms with van der Waals surface area (Å²) < 4.78 is 5.90. The van der Waals surface area contributed by atoms with Crippen molar-refractivity contribution < 1.29 is 9.53 Å². The van der Waals surface area contributed by atoms with Crippen LogP contribution in [0.1, 0.15) is 15.2 Å². The molecule has 0 N–H and O–H groups in total. The van der Waals surface area contributed by atoms with Gasteiger partial charge < -0.3 is 4.74 Å². The van der Waals surface area contributed by atoms with Crippen LogP contribution in [0.2, 0.25) is 0 Å². The minimum Gasteiger partial charge on any atom is -0.488 e. The Bertz CT molecular complexity index is 737. The highest BCUT2D eigenvalue weighted by Gasteiger charge is 2.10. The molecule has 1 aromatic heterocycles. The van der Waals surface area contributed by atoms with Crippen LogP contribution in [-0.2, 0) is 6.61 Å². The van der Waals surface area contributed by atoms with Crippen LogP contribution < -0.4 is 4.74 Å². The van der Waals surface area contributed by atoms with Gasteiger partial charge in [-0.3, -0.25) is 4.79 Å². The van der Waals surface area contributed by atoms with Crippen LogP contribution in [0.25, 0.3) is 10.6 Å². The molecular weight excluding hydrogens is 282 g/mol. The lowest BCUT2D eigenvalue weighted by atomic mass is 10.2. The van der Waals surface area contributed by atoms with Gasteiger partial charge in [0.1, 0.15) is 17.4 Å². The first kappa shape index (κ1) is 13.5. The van der Waals surface area contributed by atoms with Gasteiger partial charge >= 0.3 is 0 Å². The molecule has 0 amide bonds. The highest BCUT2D eigenvalue weighted by molar-refractivity contribution is 7.16. The second-order valence-corrected chi connectivity index (χ2v) is 5.52. The predicted molar refractivity (Wildman–Crippen MR) is 83.7 cm³/mol. The van der Waals surface area contributed by atoms with Crippen molar-refractivity contribution >= 4 is 17.6 Å². The molecule has 3 aromatic rings. The molecule has 3 rings (SSSR count). The average Bonchev–Trinajstić information content (AvgIpc) is 3.03. The van der Waals surface area contributed by atoms with Gasteiger partial charge in [-0.1, -0.05) is 42.5 Å². The van der Waals surface area contributed by atoms with Crippen LogP contribution in [0.3, 0.4) is 0 Å². The number of hydrogen-bond acceptors (Lipinski definition) is 4. The molecule has 0 bridgehead atoms. The van der Waals surface area contributed by atoms with Gasteiger partial charge in [0.25, 0.3) is 0 Å². The van der Waals surface area contributed by atoms with Crippen LogP contribution in [0.5, 0.6) is 5.75 Å². The maximum Gasteiger partial charge on any atom is 0.161 e. The van der Waals surface area contributed by atoms with Crippen molar-refractivity contribution in [1.82, 2.24) is 4.98 Å². The smallest absolute Gasteiger partial charge is 0.161 e. The molecule has 3 nitrogen and oxygen atoms in total. The third kappa shape index (κ3) is 3.17. The van der Waals surface area contributed by atoms with Crippen LogP contribution in [-0.4, -0.2) is 11.3 Å². The Kier molecular flexibility index (Phi) is 4.07. The van der Waals surface area contributed by atoms with Gasteiger partial charge in [-0.2, -0.15) is 0 Å². The summed E-state index contributed by atoms with van der Waals surface area (Å²) in [5.74, 6) is 0.771. The third-order valence-electron chi connectivity index (χ3n) is 2.99. The van der Waals surface area contributed by atoms with Crippen molar-refractivity contribution in [3.05, 3.63) is 71.2 Å². The highest BCUT2D eigenvalue weighted by atomic mass is 32.1.